The summed E-state index contributed by atoms with van der Waals surface area (Å²) in [7, 11) is 0. The fourth-order valence-corrected chi connectivity index (χ4v) is 3.31. The predicted molar refractivity (Wildman–Crippen MR) is 127 cm³/mol. The molecule has 144 valence electrons. The number of aromatic nitrogens is 1. The standard InChI is InChI=1S/C23H19N.C5H8/c1-16-17(2)24-23(22-11-7-6-10-21(16)22)20-14-12-19(13-15-20)18-8-4-3-5-9-18;1-3-5-4-2/h3-15H,1-2H3;3-4H,1-2,5H2. The summed E-state index contributed by atoms with van der Waals surface area (Å²) >= 11 is 0. The molecule has 0 atom stereocenters. The van der Waals surface area contributed by atoms with Gasteiger partial charge in [-0.15, -0.1) is 13.2 Å². The molecule has 0 aliphatic rings. The van der Waals surface area contributed by atoms with Gasteiger partial charge in [0.2, 0.25) is 0 Å². The first-order valence-corrected chi connectivity index (χ1v) is 9.89. The average Bonchev–Trinajstić information content (AvgIpc) is 2.78. The molecule has 0 fully saturated rings. The van der Waals surface area contributed by atoms with Crippen LogP contribution in [0.15, 0.2) is 104 Å². The summed E-state index contributed by atoms with van der Waals surface area (Å²) in [6, 6.07) is 27.7. The number of nitrogens with zero attached hydrogens (tertiary/aromatic N) is 1. The van der Waals surface area contributed by atoms with Crippen LogP contribution in [-0.2, 0) is 0 Å². The van der Waals surface area contributed by atoms with Gasteiger partial charge in [-0.25, -0.2) is 0 Å². The summed E-state index contributed by atoms with van der Waals surface area (Å²) in [5, 5.41) is 2.50. The van der Waals surface area contributed by atoms with Crippen molar-refractivity contribution < 1.29 is 0 Å². The van der Waals surface area contributed by atoms with Gasteiger partial charge in [0, 0.05) is 16.6 Å². The van der Waals surface area contributed by atoms with Gasteiger partial charge in [-0.05, 0) is 42.3 Å². The first-order valence-electron chi connectivity index (χ1n) is 9.89. The van der Waals surface area contributed by atoms with E-state index in [0.717, 1.165) is 23.4 Å². The number of hydrogen-bond donors (Lipinski definition) is 0. The van der Waals surface area contributed by atoms with E-state index in [0.29, 0.717) is 0 Å². The van der Waals surface area contributed by atoms with E-state index in [9.17, 15) is 0 Å². The van der Waals surface area contributed by atoms with E-state index in [1.807, 2.05) is 18.2 Å². The van der Waals surface area contributed by atoms with Crippen LogP contribution in [0.4, 0.5) is 0 Å². The van der Waals surface area contributed by atoms with Gasteiger partial charge in [0.05, 0.1) is 5.69 Å². The lowest BCUT2D eigenvalue weighted by Crippen LogP contribution is -1.94. The predicted octanol–water partition coefficient (Wildman–Crippen LogP) is 7.93. The molecule has 0 amide bonds. The molecule has 3 aromatic carbocycles. The highest BCUT2D eigenvalue weighted by Gasteiger charge is 2.10. The third-order valence-corrected chi connectivity index (χ3v) is 5.01. The maximum absolute atomic E-state index is 4.87. The average molecular weight is 378 g/mol. The quantitative estimate of drug-likeness (QED) is 0.329. The van der Waals surface area contributed by atoms with Gasteiger partial charge in [-0.1, -0.05) is 91.0 Å². The number of fused-ring (bicyclic) bond motifs is 1. The Hall–Kier alpha value is -3.45. The van der Waals surface area contributed by atoms with Crippen molar-refractivity contribution in [1.82, 2.24) is 4.98 Å². The van der Waals surface area contributed by atoms with Crippen LogP contribution in [0.2, 0.25) is 0 Å². The number of aryl methyl sites for hydroxylation is 2. The van der Waals surface area contributed by atoms with Gasteiger partial charge in [0.1, 0.15) is 0 Å². The summed E-state index contributed by atoms with van der Waals surface area (Å²) in [5.74, 6) is 0. The van der Waals surface area contributed by atoms with Crippen molar-refractivity contribution in [3.63, 3.8) is 0 Å². The van der Waals surface area contributed by atoms with Crippen LogP contribution in [-0.4, -0.2) is 4.98 Å². The lowest BCUT2D eigenvalue weighted by atomic mass is 9.97. The second kappa shape index (κ2) is 9.66. The molecule has 4 rings (SSSR count). The number of pyridine rings is 1. The van der Waals surface area contributed by atoms with Gasteiger partial charge in [0.25, 0.3) is 0 Å². The van der Waals surface area contributed by atoms with Crippen molar-refractivity contribution in [3.05, 3.63) is 115 Å². The number of rotatable bonds is 4. The largest absolute Gasteiger partial charge is 0.252 e. The molecule has 0 aliphatic heterocycles. The zero-order valence-electron chi connectivity index (χ0n) is 17.2. The monoisotopic (exact) mass is 377 g/mol. The number of benzene rings is 3. The molecule has 1 heterocycles. The lowest BCUT2D eigenvalue weighted by molar-refractivity contribution is 1.18. The van der Waals surface area contributed by atoms with Crippen molar-refractivity contribution >= 4 is 10.8 Å². The van der Waals surface area contributed by atoms with Crippen molar-refractivity contribution in [1.29, 1.82) is 0 Å². The van der Waals surface area contributed by atoms with Crippen LogP contribution < -0.4 is 0 Å². The molecule has 0 saturated heterocycles. The van der Waals surface area contributed by atoms with Crippen LogP contribution in [0.1, 0.15) is 17.7 Å². The van der Waals surface area contributed by atoms with Crippen LogP contribution in [0, 0.1) is 13.8 Å². The summed E-state index contributed by atoms with van der Waals surface area (Å²) in [6.45, 7) is 11.2. The Bertz CT molecular complexity index is 1100. The highest BCUT2D eigenvalue weighted by atomic mass is 14.7. The van der Waals surface area contributed by atoms with E-state index in [1.54, 1.807) is 0 Å². The third-order valence-electron chi connectivity index (χ3n) is 5.01. The Morgan fingerprint density at radius 3 is 1.76 bits per heavy atom. The first kappa shape index (κ1) is 20.3. The molecule has 1 heteroatoms. The minimum atomic E-state index is 0.917. The smallest absolute Gasteiger partial charge is 0.0783 e. The molecule has 0 saturated carbocycles. The van der Waals surface area contributed by atoms with Crippen LogP contribution >= 0.6 is 0 Å². The molecule has 1 aromatic heterocycles. The zero-order valence-corrected chi connectivity index (χ0v) is 17.2. The van der Waals surface area contributed by atoms with Gasteiger partial charge >= 0.3 is 0 Å². The fourth-order valence-electron chi connectivity index (χ4n) is 3.31. The highest BCUT2D eigenvalue weighted by molar-refractivity contribution is 5.97. The minimum absolute atomic E-state index is 0.917. The summed E-state index contributed by atoms with van der Waals surface area (Å²) in [4.78, 5) is 4.87. The maximum Gasteiger partial charge on any atom is 0.0783 e. The minimum Gasteiger partial charge on any atom is -0.252 e. The molecule has 0 aliphatic carbocycles. The molecule has 1 nitrogen and oxygen atoms in total. The van der Waals surface area contributed by atoms with Crippen molar-refractivity contribution in [2.24, 2.45) is 0 Å². The van der Waals surface area contributed by atoms with Crippen LogP contribution in [0.3, 0.4) is 0 Å². The molecule has 0 radical (unpaired) electrons. The fraction of sp³-hybridized carbons (Fsp3) is 0.107. The third kappa shape index (κ3) is 4.70. The van der Waals surface area contributed by atoms with Gasteiger partial charge < -0.3 is 0 Å². The first-order chi connectivity index (χ1) is 14.2. The second-order valence-electron chi connectivity index (χ2n) is 6.97. The Labute approximate surface area is 174 Å². The molecular formula is C28H27N. The van der Waals surface area contributed by atoms with E-state index in [4.69, 9.17) is 4.98 Å². The van der Waals surface area contributed by atoms with E-state index < -0.39 is 0 Å². The van der Waals surface area contributed by atoms with Crippen molar-refractivity contribution in [2.45, 2.75) is 20.3 Å². The van der Waals surface area contributed by atoms with Crippen LogP contribution in [0.25, 0.3) is 33.2 Å². The molecular weight excluding hydrogens is 350 g/mol. The molecule has 29 heavy (non-hydrogen) atoms. The summed E-state index contributed by atoms with van der Waals surface area (Å²) in [6.07, 6.45) is 4.54. The SMILES string of the molecule is C=CCC=C.Cc1nc(-c2ccc(-c3ccccc3)cc2)c2ccccc2c1C. The van der Waals surface area contributed by atoms with E-state index >= 15 is 0 Å². The molecule has 0 spiro atoms. The lowest BCUT2D eigenvalue weighted by Gasteiger charge is -2.12. The van der Waals surface area contributed by atoms with Gasteiger partial charge in [-0.2, -0.15) is 0 Å². The Balaban J connectivity index is 0.000000431. The Morgan fingerprint density at radius 2 is 1.17 bits per heavy atom. The maximum atomic E-state index is 4.87. The van der Waals surface area contributed by atoms with E-state index in [2.05, 4.69) is 99.8 Å². The number of allylic oxidation sites excluding steroid dienone is 2. The van der Waals surface area contributed by atoms with E-state index in [-0.39, 0.29) is 0 Å². The van der Waals surface area contributed by atoms with Gasteiger partial charge in [-0.3, -0.25) is 4.98 Å². The topological polar surface area (TPSA) is 12.9 Å². The molecule has 4 aromatic rings. The number of hydrogen-bond acceptors (Lipinski definition) is 1. The summed E-state index contributed by atoms with van der Waals surface area (Å²) in [5.41, 5.74) is 7.04. The molecule has 0 N–H and O–H groups in total. The van der Waals surface area contributed by atoms with E-state index in [1.165, 1.54) is 27.5 Å². The van der Waals surface area contributed by atoms with Gasteiger partial charge in [0.15, 0.2) is 0 Å². The van der Waals surface area contributed by atoms with Crippen molar-refractivity contribution in [2.75, 3.05) is 0 Å². The normalized spacial score (nSPS) is 10.1. The second-order valence-corrected chi connectivity index (χ2v) is 6.97. The zero-order chi connectivity index (χ0) is 20.6. The van der Waals surface area contributed by atoms with Crippen LogP contribution in [0.5, 0.6) is 0 Å². The highest BCUT2D eigenvalue weighted by Crippen LogP contribution is 2.31. The Kier molecular flexibility index (Phi) is 6.76. The Morgan fingerprint density at radius 1 is 0.655 bits per heavy atom. The molecule has 0 bridgehead atoms. The molecule has 0 unspecified atom stereocenters. The van der Waals surface area contributed by atoms with Crippen molar-refractivity contribution in [3.8, 4) is 22.4 Å². The summed E-state index contributed by atoms with van der Waals surface area (Å²) < 4.78 is 0.